The van der Waals surface area contributed by atoms with Crippen LogP contribution in [0.15, 0.2) is 55.1 Å². The summed E-state index contributed by atoms with van der Waals surface area (Å²) >= 11 is 0. The normalized spacial score (nSPS) is 21.3. The van der Waals surface area contributed by atoms with Crippen LogP contribution in [-0.4, -0.2) is 74.0 Å². The van der Waals surface area contributed by atoms with E-state index in [9.17, 15) is 0 Å². The Kier molecular flexibility index (Phi) is 10.6. The molecule has 0 unspecified atom stereocenters. The highest BCUT2D eigenvalue weighted by Crippen LogP contribution is 2.36. The molecule has 41 heavy (non-hydrogen) atoms. The standard InChI is InChI=1S/C32H45N5O4/c1-4-28(37-23-33-22-35-37)17-27-18-29(26-9-6-24(7-10-26)20-39-3)32(19-34-27)41-21-25-8-11-31-30(16-25)36(13-15-40-31)12-5-14-38-2/h6-11,16,22-23,27-29,32,34H,4-5,12-15,17-21H2,1-3H3/t27-,28+,29+,32-/m0/s1. The van der Waals surface area contributed by atoms with Crippen LogP contribution < -0.4 is 15.0 Å². The molecule has 3 aromatic rings. The van der Waals surface area contributed by atoms with Crippen LogP contribution in [0.2, 0.25) is 0 Å². The number of ether oxygens (including phenoxy) is 4. The number of piperidine rings is 1. The summed E-state index contributed by atoms with van der Waals surface area (Å²) in [6, 6.07) is 16.0. The van der Waals surface area contributed by atoms with Gasteiger partial charge in [-0.25, -0.2) is 9.67 Å². The van der Waals surface area contributed by atoms with Crippen molar-refractivity contribution in [1.29, 1.82) is 0 Å². The Bertz CT molecular complexity index is 1190. The molecule has 2 aliphatic heterocycles. The SMILES string of the molecule is CC[C@H](C[C@H]1C[C@H](c2ccc(COC)cc2)[C@@H](OCc2ccc3c(c2)N(CCCOC)CCO3)CN1)n1cncn1. The number of benzene rings is 2. The molecular formula is C32H45N5O4. The van der Waals surface area contributed by atoms with Gasteiger partial charge in [-0.2, -0.15) is 5.10 Å². The molecule has 1 fully saturated rings. The first-order valence-electron chi connectivity index (χ1n) is 14.9. The Morgan fingerprint density at radius 1 is 1.07 bits per heavy atom. The summed E-state index contributed by atoms with van der Waals surface area (Å²) in [5, 5.41) is 8.22. The minimum Gasteiger partial charge on any atom is -0.490 e. The van der Waals surface area contributed by atoms with E-state index in [2.05, 4.69) is 69.7 Å². The van der Waals surface area contributed by atoms with Gasteiger partial charge in [-0.3, -0.25) is 0 Å². The molecule has 0 bridgehead atoms. The third-order valence-electron chi connectivity index (χ3n) is 8.38. The van der Waals surface area contributed by atoms with E-state index >= 15 is 0 Å². The second-order valence-corrected chi connectivity index (χ2v) is 11.1. The van der Waals surface area contributed by atoms with Crippen molar-refractivity contribution in [2.24, 2.45) is 0 Å². The molecule has 3 heterocycles. The Balaban J connectivity index is 1.28. The second-order valence-electron chi connectivity index (χ2n) is 11.1. The Morgan fingerprint density at radius 2 is 1.93 bits per heavy atom. The minimum absolute atomic E-state index is 0.0658. The van der Waals surface area contributed by atoms with Gasteiger partial charge in [-0.15, -0.1) is 0 Å². The van der Waals surface area contributed by atoms with Crippen molar-refractivity contribution in [3.63, 3.8) is 0 Å². The Morgan fingerprint density at radius 3 is 2.68 bits per heavy atom. The Hall–Kier alpha value is -2.98. The molecule has 9 heteroatoms. The molecule has 0 radical (unpaired) electrons. The third kappa shape index (κ3) is 7.65. The molecule has 1 N–H and O–H groups in total. The lowest BCUT2D eigenvalue weighted by Gasteiger charge is -2.38. The highest BCUT2D eigenvalue weighted by Gasteiger charge is 2.33. The lowest BCUT2D eigenvalue weighted by molar-refractivity contribution is 0.00103. The number of methoxy groups -OCH3 is 2. The van der Waals surface area contributed by atoms with E-state index in [1.54, 1.807) is 20.5 Å². The fourth-order valence-corrected chi connectivity index (χ4v) is 6.14. The predicted octanol–water partition coefficient (Wildman–Crippen LogP) is 4.73. The van der Waals surface area contributed by atoms with Gasteiger partial charge in [-0.1, -0.05) is 37.3 Å². The van der Waals surface area contributed by atoms with Crippen molar-refractivity contribution in [3.05, 3.63) is 71.8 Å². The quantitative estimate of drug-likeness (QED) is 0.282. The highest BCUT2D eigenvalue weighted by molar-refractivity contribution is 5.61. The number of rotatable bonds is 14. The summed E-state index contributed by atoms with van der Waals surface area (Å²) in [6.07, 6.45) is 7.54. The van der Waals surface area contributed by atoms with E-state index < -0.39 is 0 Å². The van der Waals surface area contributed by atoms with E-state index in [-0.39, 0.29) is 12.0 Å². The molecule has 5 rings (SSSR count). The third-order valence-corrected chi connectivity index (χ3v) is 8.38. The smallest absolute Gasteiger partial charge is 0.142 e. The largest absolute Gasteiger partial charge is 0.490 e. The zero-order chi connectivity index (χ0) is 28.4. The van der Waals surface area contributed by atoms with E-state index in [0.717, 1.165) is 63.4 Å². The average Bonchev–Trinajstić information content (AvgIpc) is 3.55. The monoisotopic (exact) mass is 563 g/mol. The molecule has 222 valence electrons. The molecule has 1 aromatic heterocycles. The molecule has 2 aromatic carbocycles. The maximum absolute atomic E-state index is 6.70. The molecular weight excluding hydrogens is 518 g/mol. The van der Waals surface area contributed by atoms with Gasteiger partial charge < -0.3 is 29.2 Å². The number of hydrogen-bond acceptors (Lipinski definition) is 8. The van der Waals surface area contributed by atoms with Crippen molar-refractivity contribution < 1.29 is 18.9 Å². The number of aromatic nitrogens is 3. The van der Waals surface area contributed by atoms with Gasteiger partial charge >= 0.3 is 0 Å². The van der Waals surface area contributed by atoms with Gasteiger partial charge in [0.1, 0.15) is 25.0 Å². The summed E-state index contributed by atoms with van der Waals surface area (Å²) in [5.74, 6) is 1.24. The van der Waals surface area contributed by atoms with Crippen LogP contribution in [0.4, 0.5) is 5.69 Å². The average molecular weight is 564 g/mol. The zero-order valence-electron chi connectivity index (χ0n) is 24.7. The van der Waals surface area contributed by atoms with Crippen molar-refractivity contribution in [1.82, 2.24) is 20.1 Å². The zero-order valence-corrected chi connectivity index (χ0v) is 24.7. The Labute approximate surface area is 244 Å². The number of hydrogen-bond donors (Lipinski definition) is 1. The van der Waals surface area contributed by atoms with Gasteiger partial charge in [0.15, 0.2) is 0 Å². The lowest BCUT2D eigenvalue weighted by atomic mass is 9.82. The van der Waals surface area contributed by atoms with Crippen molar-refractivity contribution >= 4 is 5.69 Å². The number of nitrogens with one attached hydrogen (secondary N) is 1. The molecule has 2 aliphatic rings. The lowest BCUT2D eigenvalue weighted by Crippen LogP contribution is -2.47. The molecule has 0 amide bonds. The second kappa shape index (κ2) is 14.8. The maximum Gasteiger partial charge on any atom is 0.142 e. The van der Waals surface area contributed by atoms with Crippen molar-refractivity contribution in [2.45, 2.75) is 69.9 Å². The predicted molar refractivity (Wildman–Crippen MR) is 159 cm³/mol. The highest BCUT2D eigenvalue weighted by atomic mass is 16.5. The van der Waals surface area contributed by atoms with Crippen LogP contribution in [0.25, 0.3) is 0 Å². The first kappa shape index (κ1) is 29.5. The van der Waals surface area contributed by atoms with Crippen LogP contribution in [0.5, 0.6) is 5.75 Å². The number of anilines is 1. The molecule has 0 aliphatic carbocycles. The van der Waals surface area contributed by atoms with Crippen LogP contribution in [0.1, 0.15) is 61.3 Å². The van der Waals surface area contributed by atoms with E-state index in [1.807, 2.05) is 11.0 Å². The fraction of sp³-hybridized carbons (Fsp3) is 0.562. The van der Waals surface area contributed by atoms with E-state index in [0.29, 0.717) is 31.9 Å². The topological polar surface area (TPSA) is 82.9 Å². The summed E-state index contributed by atoms with van der Waals surface area (Å²) in [7, 11) is 3.49. The minimum atomic E-state index is 0.0658. The van der Waals surface area contributed by atoms with E-state index in [1.165, 1.54) is 16.7 Å². The van der Waals surface area contributed by atoms with Gasteiger partial charge in [0.2, 0.25) is 0 Å². The first-order chi connectivity index (χ1) is 20.2. The summed E-state index contributed by atoms with van der Waals surface area (Å²) in [5.41, 5.74) is 4.82. The fourth-order valence-electron chi connectivity index (χ4n) is 6.14. The van der Waals surface area contributed by atoms with Gasteiger partial charge in [0.25, 0.3) is 0 Å². The molecule has 0 spiro atoms. The number of nitrogens with zero attached hydrogens (tertiary/aromatic N) is 4. The summed E-state index contributed by atoms with van der Waals surface area (Å²) in [4.78, 5) is 6.57. The van der Waals surface area contributed by atoms with Crippen LogP contribution in [-0.2, 0) is 27.4 Å². The summed E-state index contributed by atoms with van der Waals surface area (Å²) in [6.45, 7) is 7.53. The van der Waals surface area contributed by atoms with Crippen molar-refractivity contribution in [2.75, 3.05) is 52.0 Å². The molecule has 4 atom stereocenters. The van der Waals surface area contributed by atoms with Crippen LogP contribution >= 0.6 is 0 Å². The van der Waals surface area contributed by atoms with Crippen LogP contribution in [0.3, 0.4) is 0 Å². The first-order valence-corrected chi connectivity index (χ1v) is 14.9. The molecule has 1 saturated heterocycles. The number of fused-ring (bicyclic) bond motifs is 1. The maximum atomic E-state index is 6.70. The van der Waals surface area contributed by atoms with Gasteiger partial charge in [0, 0.05) is 45.9 Å². The van der Waals surface area contributed by atoms with Crippen LogP contribution in [0, 0.1) is 0 Å². The van der Waals surface area contributed by atoms with E-state index in [4.69, 9.17) is 18.9 Å². The van der Waals surface area contributed by atoms with Gasteiger partial charge in [-0.05, 0) is 54.5 Å². The van der Waals surface area contributed by atoms with Gasteiger partial charge in [0.05, 0.1) is 37.6 Å². The molecule has 0 saturated carbocycles. The molecule has 9 nitrogen and oxygen atoms in total. The summed E-state index contributed by atoms with van der Waals surface area (Å²) < 4.78 is 25.3. The van der Waals surface area contributed by atoms with Crippen molar-refractivity contribution in [3.8, 4) is 5.75 Å².